The van der Waals surface area contributed by atoms with Crippen molar-refractivity contribution in [3.63, 3.8) is 0 Å². The molecule has 0 radical (unpaired) electrons. The van der Waals surface area contributed by atoms with Gasteiger partial charge in [0, 0.05) is 73.4 Å². The van der Waals surface area contributed by atoms with Gasteiger partial charge in [0.1, 0.15) is 5.69 Å². The van der Waals surface area contributed by atoms with Gasteiger partial charge in [0.25, 0.3) is 0 Å². The second kappa shape index (κ2) is 9.94. The molecule has 1 amide bonds. The smallest absolute Gasteiger partial charge is 0.246 e. The molecule has 1 aliphatic heterocycles. The minimum absolute atomic E-state index is 0.0374. The Morgan fingerprint density at radius 2 is 1.85 bits per heavy atom. The van der Waals surface area contributed by atoms with Crippen molar-refractivity contribution >= 4 is 23.3 Å². The first-order valence-corrected chi connectivity index (χ1v) is 11.9. The number of piperazine rings is 1. The summed E-state index contributed by atoms with van der Waals surface area (Å²) in [5.74, 6) is 0.0374. The number of carbonyl (C=O) groups is 1. The Balaban J connectivity index is 1.30. The summed E-state index contributed by atoms with van der Waals surface area (Å²) in [7, 11) is 0. The number of para-hydroxylation sites is 1. The van der Waals surface area contributed by atoms with Crippen molar-refractivity contribution in [3.8, 4) is 16.9 Å². The molecular formula is C26H25N5OS. The second-order valence-corrected chi connectivity index (χ2v) is 9.00. The zero-order chi connectivity index (χ0) is 22.5. The number of amides is 1. The van der Waals surface area contributed by atoms with E-state index in [1.807, 2.05) is 64.3 Å². The van der Waals surface area contributed by atoms with Crippen LogP contribution in [0.1, 0.15) is 10.4 Å². The molecule has 0 bridgehead atoms. The lowest BCUT2D eigenvalue weighted by molar-refractivity contribution is -0.127. The van der Waals surface area contributed by atoms with Crippen LogP contribution in [0.2, 0.25) is 0 Å². The molecule has 4 aromatic rings. The van der Waals surface area contributed by atoms with Gasteiger partial charge in [-0.25, -0.2) is 4.68 Å². The molecule has 0 saturated carbocycles. The molecule has 0 unspecified atom stereocenters. The minimum atomic E-state index is 0.0374. The number of aromatic nitrogens is 3. The van der Waals surface area contributed by atoms with Crippen molar-refractivity contribution in [3.05, 3.63) is 95.1 Å². The highest BCUT2D eigenvalue weighted by molar-refractivity contribution is 7.09. The number of pyridine rings is 1. The maximum absolute atomic E-state index is 12.9. The maximum atomic E-state index is 12.9. The lowest BCUT2D eigenvalue weighted by Crippen LogP contribution is -2.47. The van der Waals surface area contributed by atoms with E-state index in [0.29, 0.717) is 0 Å². The third-order valence-electron chi connectivity index (χ3n) is 5.75. The molecule has 1 fully saturated rings. The molecular weight excluding hydrogens is 430 g/mol. The van der Waals surface area contributed by atoms with Gasteiger partial charge < -0.3 is 4.90 Å². The summed E-state index contributed by atoms with van der Waals surface area (Å²) in [6.45, 7) is 4.23. The molecule has 0 spiro atoms. The van der Waals surface area contributed by atoms with E-state index in [1.54, 1.807) is 29.8 Å². The average Bonchev–Trinajstić information content (AvgIpc) is 3.54. The van der Waals surface area contributed by atoms with Crippen LogP contribution >= 0.6 is 11.3 Å². The lowest BCUT2D eigenvalue weighted by atomic mass is 10.1. The van der Waals surface area contributed by atoms with Crippen LogP contribution in [0, 0.1) is 0 Å². The predicted molar refractivity (Wildman–Crippen MR) is 132 cm³/mol. The number of nitrogens with zero attached hydrogens (tertiary/aromatic N) is 5. The van der Waals surface area contributed by atoms with Crippen LogP contribution in [0.5, 0.6) is 0 Å². The topological polar surface area (TPSA) is 54.3 Å². The van der Waals surface area contributed by atoms with E-state index in [9.17, 15) is 4.79 Å². The summed E-state index contributed by atoms with van der Waals surface area (Å²) in [6.07, 6.45) is 9.04. The van der Waals surface area contributed by atoms with Gasteiger partial charge in [-0.1, -0.05) is 24.3 Å². The highest BCUT2D eigenvalue weighted by Gasteiger charge is 2.20. The minimum Gasteiger partial charge on any atom is -0.337 e. The van der Waals surface area contributed by atoms with Crippen LogP contribution in [0.3, 0.4) is 0 Å². The van der Waals surface area contributed by atoms with Crippen molar-refractivity contribution < 1.29 is 4.79 Å². The third kappa shape index (κ3) is 5.10. The zero-order valence-electron chi connectivity index (χ0n) is 18.2. The lowest BCUT2D eigenvalue weighted by Gasteiger charge is -2.33. The van der Waals surface area contributed by atoms with Crippen LogP contribution in [0.4, 0.5) is 0 Å². The van der Waals surface area contributed by atoms with Gasteiger partial charge in [0.15, 0.2) is 0 Å². The van der Waals surface area contributed by atoms with Crippen LogP contribution in [0.15, 0.2) is 84.6 Å². The van der Waals surface area contributed by atoms with Gasteiger partial charge in [0.2, 0.25) is 5.91 Å². The van der Waals surface area contributed by atoms with Gasteiger partial charge >= 0.3 is 0 Å². The number of thiophene rings is 1. The summed E-state index contributed by atoms with van der Waals surface area (Å²) < 4.78 is 1.84. The zero-order valence-corrected chi connectivity index (χ0v) is 19.1. The number of rotatable bonds is 6. The largest absolute Gasteiger partial charge is 0.337 e. The molecule has 1 saturated heterocycles. The average molecular weight is 456 g/mol. The van der Waals surface area contributed by atoms with E-state index in [2.05, 4.69) is 27.4 Å². The molecule has 0 aliphatic carbocycles. The first-order valence-electron chi connectivity index (χ1n) is 11.0. The molecule has 1 aromatic carbocycles. The fraction of sp³-hybridized carbons (Fsp3) is 0.192. The quantitative estimate of drug-likeness (QED) is 0.406. The second-order valence-electron chi connectivity index (χ2n) is 7.97. The SMILES string of the molecule is O=C(/C=C/c1cn(-c2ccccc2)nc1-c1cccnc1)N1CCN(Cc2cccs2)CC1. The van der Waals surface area contributed by atoms with Crippen LogP contribution in [-0.2, 0) is 11.3 Å². The van der Waals surface area contributed by atoms with Crippen molar-refractivity contribution in [1.29, 1.82) is 0 Å². The molecule has 33 heavy (non-hydrogen) atoms. The molecule has 0 N–H and O–H groups in total. The number of carbonyl (C=O) groups excluding carboxylic acids is 1. The maximum Gasteiger partial charge on any atom is 0.246 e. The number of hydrogen-bond donors (Lipinski definition) is 0. The molecule has 4 heterocycles. The molecule has 0 atom stereocenters. The molecule has 6 nitrogen and oxygen atoms in total. The van der Waals surface area contributed by atoms with Crippen LogP contribution in [0.25, 0.3) is 23.0 Å². The van der Waals surface area contributed by atoms with Crippen LogP contribution < -0.4 is 0 Å². The highest BCUT2D eigenvalue weighted by atomic mass is 32.1. The number of hydrogen-bond acceptors (Lipinski definition) is 5. The summed E-state index contributed by atoms with van der Waals surface area (Å²) >= 11 is 1.78. The normalized spacial score (nSPS) is 14.7. The Labute approximate surface area is 197 Å². The van der Waals surface area contributed by atoms with E-state index in [-0.39, 0.29) is 5.91 Å². The molecule has 166 valence electrons. The first-order chi connectivity index (χ1) is 16.3. The van der Waals surface area contributed by atoms with E-state index >= 15 is 0 Å². The summed E-state index contributed by atoms with van der Waals surface area (Å²) in [6, 6.07) is 18.1. The van der Waals surface area contributed by atoms with E-state index in [4.69, 9.17) is 5.10 Å². The number of benzene rings is 1. The van der Waals surface area contributed by atoms with Crippen molar-refractivity contribution in [1.82, 2.24) is 24.6 Å². The molecule has 1 aliphatic rings. The Morgan fingerprint density at radius 3 is 2.58 bits per heavy atom. The Morgan fingerprint density at radius 1 is 1.00 bits per heavy atom. The predicted octanol–water partition coefficient (Wildman–Crippen LogP) is 4.35. The molecule has 5 rings (SSSR count). The first kappa shape index (κ1) is 21.3. The van der Waals surface area contributed by atoms with Gasteiger partial charge in [-0.3, -0.25) is 14.7 Å². The van der Waals surface area contributed by atoms with E-state index in [0.717, 1.165) is 55.2 Å². The standard InChI is InChI=1S/C26H25N5OS/c32-25(30-15-13-29(14-16-30)20-24-9-5-17-33-24)11-10-22-19-31(23-7-2-1-3-8-23)28-26(22)21-6-4-12-27-18-21/h1-12,17-19H,13-16,20H2/b11-10+. The Bertz CT molecular complexity index is 1210. The van der Waals surface area contributed by atoms with Gasteiger partial charge in [-0.2, -0.15) is 5.10 Å². The van der Waals surface area contributed by atoms with Gasteiger partial charge in [0.05, 0.1) is 5.69 Å². The summed E-state index contributed by atoms with van der Waals surface area (Å²) in [5, 5.41) is 6.89. The van der Waals surface area contributed by atoms with Crippen molar-refractivity contribution in [2.75, 3.05) is 26.2 Å². The third-order valence-corrected chi connectivity index (χ3v) is 6.61. The Kier molecular flexibility index (Phi) is 6.41. The highest BCUT2D eigenvalue weighted by Crippen LogP contribution is 2.24. The fourth-order valence-electron chi connectivity index (χ4n) is 3.97. The monoisotopic (exact) mass is 455 g/mol. The van der Waals surface area contributed by atoms with Gasteiger partial charge in [-0.05, 0) is 41.8 Å². The van der Waals surface area contributed by atoms with Crippen LogP contribution in [-0.4, -0.2) is 56.7 Å². The van der Waals surface area contributed by atoms with Gasteiger partial charge in [-0.15, -0.1) is 11.3 Å². The Hall–Kier alpha value is -3.55. The molecule has 3 aromatic heterocycles. The van der Waals surface area contributed by atoms with Crippen molar-refractivity contribution in [2.45, 2.75) is 6.54 Å². The molecule has 7 heteroatoms. The van der Waals surface area contributed by atoms with Crippen molar-refractivity contribution in [2.24, 2.45) is 0 Å². The summed E-state index contributed by atoms with van der Waals surface area (Å²) in [4.78, 5) is 22.8. The van der Waals surface area contributed by atoms with E-state index < -0.39 is 0 Å². The summed E-state index contributed by atoms with van der Waals surface area (Å²) in [5.41, 5.74) is 3.57. The fourth-order valence-corrected chi connectivity index (χ4v) is 4.71. The van der Waals surface area contributed by atoms with E-state index in [1.165, 1.54) is 4.88 Å².